The van der Waals surface area contributed by atoms with Crippen molar-refractivity contribution in [1.82, 2.24) is 9.67 Å². The first kappa shape index (κ1) is 27.7. The van der Waals surface area contributed by atoms with E-state index in [-0.39, 0.29) is 0 Å². The van der Waals surface area contributed by atoms with Crippen LogP contribution >= 0.6 is 99.4 Å². The van der Waals surface area contributed by atoms with E-state index >= 15 is 0 Å². The first-order valence-corrected chi connectivity index (χ1v) is 29.5. The van der Waals surface area contributed by atoms with Gasteiger partial charge in [0.2, 0.25) is 0 Å². The number of aromatic nitrogens is 3. The molecule has 0 radical (unpaired) electrons. The number of hydrogen-bond acceptors (Lipinski definition) is 2. The molecule has 2 aromatic carbocycles. The molecule has 0 unspecified atom stereocenters. The molecular formula is C17H12Cl10N3OSb. The Labute approximate surface area is 224 Å². The van der Waals surface area contributed by atoms with Crippen molar-refractivity contribution in [1.29, 1.82) is 0 Å². The monoisotopic (exact) mass is 745 g/mol. The molecule has 1 aliphatic heterocycles. The Kier molecular flexibility index (Phi) is 7.96. The number of hydrogen-bond donors (Lipinski definition) is 0. The average molecular weight is 751 g/mol. The third-order valence-corrected chi connectivity index (χ3v) is 5.00. The van der Waals surface area contributed by atoms with Crippen molar-refractivity contribution < 1.29 is 9.42 Å². The van der Waals surface area contributed by atoms with Crippen molar-refractivity contribution >= 4 is 109 Å². The van der Waals surface area contributed by atoms with Gasteiger partial charge >= 0.3 is 67.9 Å². The molecule has 32 heavy (non-hydrogen) atoms. The van der Waals surface area contributed by atoms with Crippen molar-refractivity contribution in [3.63, 3.8) is 0 Å². The van der Waals surface area contributed by atoms with Gasteiger partial charge in [-0.2, -0.15) is 0 Å². The van der Waals surface area contributed by atoms with Crippen LogP contribution in [0.25, 0.3) is 11.4 Å². The normalized spacial score (nSPS) is 15.2. The first-order chi connectivity index (χ1) is 14.4. The van der Waals surface area contributed by atoms with Gasteiger partial charge in [-0.1, -0.05) is 46.4 Å². The number of ether oxygens (including phenoxy) is 1. The molecule has 2 heterocycles. The van der Waals surface area contributed by atoms with Crippen LogP contribution < -0.4 is 9.42 Å². The summed E-state index contributed by atoms with van der Waals surface area (Å²) in [6.07, 6.45) is 0.642. The van der Waals surface area contributed by atoms with Crippen LogP contribution in [0, 0.1) is 6.92 Å². The van der Waals surface area contributed by atoms with Crippen LogP contribution in [-0.4, -0.2) is 25.4 Å². The molecule has 0 aliphatic carbocycles. The summed E-state index contributed by atoms with van der Waals surface area (Å²) in [5.41, 5.74) is 1.39. The van der Waals surface area contributed by atoms with E-state index in [1.165, 1.54) is 0 Å². The van der Waals surface area contributed by atoms with Gasteiger partial charge in [0.25, 0.3) is 5.82 Å². The molecule has 15 heteroatoms. The maximum atomic E-state index is 6.45. The molecule has 0 fully saturated rings. The van der Waals surface area contributed by atoms with Crippen LogP contribution in [0.15, 0.2) is 30.3 Å². The second-order valence-corrected chi connectivity index (χ2v) is 65.2. The number of fused-ring (bicyclic) bond motifs is 3. The van der Waals surface area contributed by atoms with Crippen LogP contribution in [0.5, 0.6) is 5.75 Å². The summed E-state index contributed by atoms with van der Waals surface area (Å²) in [6.45, 7) is 2.42. The van der Waals surface area contributed by atoms with Crippen LogP contribution in [0.3, 0.4) is 0 Å². The van der Waals surface area contributed by atoms with Crippen LogP contribution in [-0.2, 0) is 6.42 Å². The van der Waals surface area contributed by atoms with Gasteiger partial charge in [0.1, 0.15) is 11.4 Å². The SMILES string of the molecule is Cc1nc2n([n+]1-c1c(Cl)cc(Cl)cc1Cl)-c1cc(Cl)ccc1OCC2.[Cl][Sb-]([Cl])([Cl])([Cl])([Cl])[Cl]. The van der Waals surface area contributed by atoms with Crippen LogP contribution in [0.1, 0.15) is 11.6 Å². The fourth-order valence-electron chi connectivity index (χ4n) is 2.98. The number of aryl methyl sites for hydroxylation is 1. The van der Waals surface area contributed by atoms with Crippen LogP contribution in [0.4, 0.5) is 0 Å². The molecule has 4 rings (SSSR count). The van der Waals surface area contributed by atoms with E-state index in [0.29, 0.717) is 38.8 Å². The van der Waals surface area contributed by atoms with E-state index in [2.05, 4.69) is 4.98 Å². The van der Waals surface area contributed by atoms with Crippen molar-refractivity contribution in [2.24, 2.45) is 0 Å². The Hall–Kier alpha value is 1.10. The molecule has 0 atom stereocenters. The quantitative estimate of drug-likeness (QED) is 0.184. The Morgan fingerprint density at radius 1 is 0.906 bits per heavy atom. The zero-order valence-corrected chi connectivity index (χ0v) is 25.9. The molecular weight excluding hydrogens is 738 g/mol. The fourth-order valence-corrected chi connectivity index (χ4v) is 4.12. The Balaban J connectivity index is 0.000000360. The van der Waals surface area contributed by atoms with Crippen molar-refractivity contribution in [2.45, 2.75) is 13.3 Å². The Bertz CT molecular complexity index is 1170. The Morgan fingerprint density at radius 2 is 1.47 bits per heavy atom. The number of halogens is 10. The number of nitrogens with zero attached hydrogens (tertiary/aromatic N) is 3. The summed E-state index contributed by atoms with van der Waals surface area (Å²) in [5, 5.41) is 1.94. The predicted octanol–water partition coefficient (Wildman–Crippen LogP) is 8.76. The molecule has 3 aromatic rings. The minimum atomic E-state index is -5.42. The molecule has 1 aromatic heterocycles. The van der Waals surface area contributed by atoms with E-state index in [1.807, 2.05) is 28.4 Å². The zero-order chi connectivity index (χ0) is 24.1. The van der Waals surface area contributed by atoms with Gasteiger partial charge in [0.15, 0.2) is 5.69 Å². The second-order valence-electron chi connectivity index (χ2n) is 6.59. The summed E-state index contributed by atoms with van der Waals surface area (Å²) < 4.78 is 9.63. The van der Waals surface area contributed by atoms with Gasteiger partial charge in [-0.3, -0.25) is 0 Å². The summed E-state index contributed by atoms with van der Waals surface area (Å²) in [4.78, 5) is 4.67. The van der Waals surface area contributed by atoms with E-state index in [0.717, 1.165) is 23.1 Å². The summed E-state index contributed by atoms with van der Waals surface area (Å²) in [5.74, 6) is 2.30. The van der Waals surface area contributed by atoms with E-state index in [1.54, 1.807) is 18.2 Å². The summed E-state index contributed by atoms with van der Waals surface area (Å²) >= 11 is 25.2. The fraction of sp³-hybridized carbons (Fsp3) is 0.176. The van der Waals surface area contributed by atoms with E-state index in [4.69, 9.17) is 104 Å². The zero-order valence-electron chi connectivity index (χ0n) is 15.8. The van der Waals surface area contributed by atoms with Crippen molar-refractivity contribution in [3.8, 4) is 17.1 Å². The van der Waals surface area contributed by atoms with Crippen LogP contribution in [0.2, 0.25) is 20.1 Å². The van der Waals surface area contributed by atoms with Crippen molar-refractivity contribution in [2.75, 3.05) is 6.61 Å². The molecule has 176 valence electrons. The van der Waals surface area contributed by atoms with Gasteiger partial charge in [0.05, 0.1) is 23.1 Å². The maximum absolute atomic E-state index is 6.45. The van der Waals surface area contributed by atoms with Gasteiger partial charge in [-0.25, -0.2) is 0 Å². The summed E-state index contributed by atoms with van der Waals surface area (Å²) in [7, 11) is 25.0. The van der Waals surface area contributed by atoms with Gasteiger partial charge in [-0.15, -0.1) is 9.36 Å². The predicted molar refractivity (Wildman–Crippen MR) is 140 cm³/mol. The van der Waals surface area contributed by atoms with E-state index < -0.39 is 9.14 Å². The molecule has 0 saturated heterocycles. The van der Waals surface area contributed by atoms with Gasteiger partial charge in [-0.05, 0) is 35.3 Å². The molecule has 0 spiro atoms. The first-order valence-electron chi connectivity index (χ1n) is 8.55. The van der Waals surface area contributed by atoms with Gasteiger partial charge < -0.3 is 4.74 Å². The molecule has 0 N–H and O–H groups in total. The molecule has 4 nitrogen and oxygen atoms in total. The topological polar surface area (TPSA) is 30.9 Å². The third kappa shape index (κ3) is 7.80. The minimum absolute atomic E-state index is 0.432. The van der Waals surface area contributed by atoms with Gasteiger partial charge in [0, 0.05) is 17.0 Å². The number of benzene rings is 2. The molecule has 1 aliphatic rings. The van der Waals surface area contributed by atoms with Crippen molar-refractivity contribution in [3.05, 3.63) is 62.1 Å². The second kappa shape index (κ2) is 9.20. The molecule has 0 bridgehead atoms. The molecule has 0 saturated carbocycles. The number of rotatable bonds is 1. The Morgan fingerprint density at radius 3 is 2.03 bits per heavy atom. The molecule has 0 amide bonds. The standard InChI is InChI=1S/C17H12Cl4N3O.6ClH.Sb/c1-9-22-16-4-5-25-15-3-2-10(18)8-14(15)24(16)23(9)17-12(20)6-11(19)7-13(17)21;;;;;;;/h2-3,6-8H,4-5H2,1H3;6*1H;/q+1;;;;;;;+5/p-6. The van der Waals surface area contributed by atoms with E-state index in [9.17, 15) is 0 Å². The summed E-state index contributed by atoms with van der Waals surface area (Å²) in [6, 6.07) is 8.78. The third-order valence-electron chi connectivity index (χ3n) is 3.97. The average Bonchev–Trinajstić information content (AvgIpc) is 2.78.